The summed E-state index contributed by atoms with van der Waals surface area (Å²) in [6.07, 6.45) is 5.54. The largest absolute Gasteiger partial charge is 0.493 e. The fourth-order valence-electron chi connectivity index (χ4n) is 3.37. The number of methoxy groups -OCH3 is 2. The molecule has 1 aromatic carbocycles. The van der Waals surface area contributed by atoms with Crippen molar-refractivity contribution in [3.05, 3.63) is 23.8 Å². The van der Waals surface area contributed by atoms with E-state index in [1.807, 2.05) is 18.2 Å². The van der Waals surface area contributed by atoms with E-state index in [9.17, 15) is 5.11 Å². The summed E-state index contributed by atoms with van der Waals surface area (Å²) in [5.41, 5.74) is 1.17. The molecular formula is C20H33NO4. The molecule has 1 fully saturated rings. The van der Waals surface area contributed by atoms with Crippen molar-refractivity contribution in [1.29, 1.82) is 0 Å². The summed E-state index contributed by atoms with van der Waals surface area (Å²) in [7, 11) is 3.28. The van der Waals surface area contributed by atoms with Gasteiger partial charge in [0.25, 0.3) is 0 Å². The molecule has 0 unspecified atom stereocenters. The van der Waals surface area contributed by atoms with Gasteiger partial charge in [0, 0.05) is 6.54 Å². The van der Waals surface area contributed by atoms with Crippen molar-refractivity contribution < 1.29 is 19.3 Å². The summed E-state index contributed by atoms with van der Waals surface area (Å²) in [5.74, 6) is 2.23. The van der Waals surface area contributed by atoms with Crippen LogP contribution in [0.4, 0.5) is 0 Å². The predicted octanol–water partition coefficient (Wildman–Crippen LogP) is 2.79. The molecule has 0 radical (unpaired) electrons. The molecule has 0 heterocycles. The van der Waals surface area contributed by atoms with Crippen LogP contribution in [0.15, 0.2) is 18.2 Å². The number of hydrogen-bond donors (Lipinski definition) is 2. The maximum absolute atomic E-state index is 10.1. The molecule has 0 bridgehead atoms. The fourth-order valence-corrected chi connectivity index (χ4v) is 3.37. The summed E-state index contributed by atoms with van der Waals surface area (Å²) >= 11 is 0. The molecule has 0 spiro atoms. The molecule has 5 heteroatoms. The second kappa shape index (κ2) is 10.6. The van der Waals surface area contributed by atoms with Crippen molar-refractivity contribution in [3.8, 4) is 11.5 Å². The molecule has 1 aliphatic rings. The molecule has 0 saturated heterocycles. The van der Waals surface area contributed by atoms with Gasteiger partial charge in [-0.25, -0.2) is 0 Å². The minimum absolute atomic E-state index is 0.324. The molecule has 1 saturated carbocycles. The first-order valence-corrected chi connectivity index (χ1v) is 9.33. The average Bonchev–Trinajstić information content (AvgIpc) is 2.63. The topological polar surface area (TPSA) is 60.0 Å². The maximum Gasteiger partial charge on any atom is 0.160 e. The molecule has 3 atom stereocenters. The Labute approximate surface area is 151 Å². The zero-order valence-electron chi connectivity index (χ0n) is 15.8. The van der Waals surface area contributed by atoms with Gasteiger partial charge in [0.15, 0.2) is 11.5 Å². The van der Waals surface area contributed by atoms with Crippen LogP contribution in [0.2, 0.25) is 0 Å². The van der Waals surface area contributed by atoms with Crippen LogP contribution in [0, 0.1) is 5.92 Å². The Morgan fingerprint density at radius 2 is 2.00 bits per heavy atom. The Hall–Kier alpha value is -1.30. The molecule has 0 aliphatic heterocycles. The van der Waals surface area contributed by atoms with Gasteiger partial charge < -0.3 is 24.6 Å². The zero-order valence-corrected chi connectivity index (χ0v) is 15.8. The van der Waals surface area contributed by atoms with E-state index in [0.29, 0.717) is 19.3 Å². The molecule has 0 aromatic heterocycles. The number of rotatable bonds is 10. The Kier molecular flexibility index (Phi) is 8.52. The number of nitrogens with one attached hydrogen (secondary N) is 1. The van der Waals surface area contributed by atoms with E-state index < -0.39 is 6.10 Å². The molecule has 1 aromatic rings. The summed E-state index contributed by atoms with van der Waals surface area (Å²) < 4.78 is 16.4. The van der Waals surface area contributed by atoms with Crippen LogP contribution in [0.1, 0.15) is 38.2 Å². The van der Waals surface area contributed by atoms with E-state index in [2.05, 4.69) is 12.2 Å². The van der Waals surface area contributed by atoms with Crippen molar-refractivity contribution in [3.63, 3.8) is 0 Å². The number of aliphatic hydroxyl groups is 1. The van der Waals surface area contributed by atoms with E-state index in [1.54, 1.807) is 14.2 Å². The first kappa shape index (κ1) is 20.0. The first-order chi connectivity index (χ1) is 12.1. The smallest absolute Gasteiger partial charge is 0.160 e. The minimum Gasteiger partial charge on any atom is -0.493 e. The third-order valence-electron chi connectivity index (χ3n) is 4.83. The monoisotopic (exact) mass is 351 g/mol. The lowest BCUT2D eigenvalue weighted by Gasteiger charge is -2.27. The van der Waals surface area contributed by atoms with Crippen molar-refractivity contribution >= 4 is 0 Å². The molecular weight excluding hydrogens is 318 g/mol. The van der Waals surface area contributed by atoms with Crippen molar-refractivity contribution in [2.75, 3.05) is 33.9 Å². The molecule has 0 amide bonds. The van der Waals surface area contributed by atoms with Crippen molar-refractivity contribution in [2.45, 2.75) is 51.2 Å². The molecule has 142 valence electrons. The second-order valence-electron chi connectivity index (χ2n) is 7.02. The Balaban J connectivity index is 1.62. The van der Waals surface area contributed by atoms with E-state index in [0.717, 1.165) is 43.2 Å². The third-order valence-corrected chi connectivity index (χ3v) is 4.83. The van der Waals surface area contributed by atoms with Crippen LogP contribution in [0.3, 0.4) is 0 Å². The first-order valence-electron chi connectivity index (χ1n) is 9.33. The lowest BCUT2D eigenvalue weighted by molar-refractivity contribution is -0.0305. The van der Waals surface area contributed by atoms with Crippen LogP contribution in [-0.4, -0.2) is 51.2 Å². The number of ether oxygens (including phenoxy) is 3. The highest BCUT2D eigenvalue weighted by molar-refractivity contribution is 5.42. The van der Waals surface area contributed by atoms with Crippen molar-refractivity contribution in [2.24, 2.45) is 5.92 Å². The Morgan fingerprint density at radius 1 is 1.20 bits per heavy atom. The van der Waals surface area contributed by atoms with Gasteiger partial charge in [-0.3, -0.25) is 0 Å². The van der Waals surface area contributed by atoms with E-state index in [-0.39, 0.29) is 0 Å². The van der Waals surface area contributed by atoms with Crippen molar-refractivity contribution in [1.82, 2.24) is 5.32 Å². The van der Waals surface area contributed by atoms with Gasteiger partial charge in [-0.05, 0) is 49.4 Å². The number of aliphatic hydroxyl groups excluding tert-OH is 1. The molecule has 2 rings (SSSR count). The van der Waals surface area contributed by atoms with E-state index in [1.165, 1.54) is 18.4 Å². The molecule has 25 heavy (non-hydrogen) atoms. The van der Waals surface area contributed by atoms with E-state index in [4.69, 9.17) is 14.2 Å². The lowest BCUT2D eigenvalue weighted by atomic mass is 9.89. The van der Waals surface area contributed by atoms with Crippen LogP contribution >= 0.6 is 0 Å². The standard InChI is InChI=1S/C20H33NO4/c1-15-5-4-6-18(11-15)25-14-17(22)13-21-10-9-16-7-8-19(23-2)20(12-16)24-3/h7-8,12,15,17-18,21-22H,4-6,9-11,13-14H2,1-3H3/t15-,17+,18-/m1/s1. The molecule has 1 aliphatic carbocycles. The van der Waals surface area contributed by atoms with Crippen LogP contribution < -0.4 is 14.8 Å². The van der Waals surface area contributed by atoms with Crippen LogP contribution in [0.25, 0.3) is 0 Å². The summed E-state index contributed by atoms with van der Waals surface area (Å²) in [6, 6.07) is 5.94. The second-order valence-corrected chi connectivity index (χ2v) is 7.02. The van der Waals surface area contributed by atoms with E-state index >= 15 is 0 Å². The predicted molar refractivity (Wildman–Crippen MR) is 99.5 cm³/mol. The minimum atomic E-state index is -0.456. The quantitative estimate of drug-likeness (QED) is 0.635. The zero-order chi connectivity index (χ0) is 18.1. The molecule has 2 N–H and O–H groups in total. The summed E-state index contributed by atoms with van der Waals surface area (Å²) in [4.78, 5) is 0. The SMILES string of the molecule is COc1ccc(CCNC[C@H](O)CO[C@@H]2CCC[C@@H](C)C2)cc1OC. The number of benzene rings is 1. The lowest BCUT2D eigenvalue weighted by Crippen LogP contribution is -2.34. The van der Waals surface area contributed by atoms with Gasteiger partial charge >= 0.3 is 0 Å². The highest BCUT2D eigenvalue weighted by atomic mass is 16.5. The average molecular weight is 351 g/mol. The number of hydrogen-bond acceptors (Lipinski definition) is 5. The summed E-state index contributed by atoms with van der Waals surface area (Å²) in [5, 5.41) is 13.4. The van der Waals surface area contributed by atoms with Crippen LogP contribution in [0.5, 0.6) is 11.5 Å². The Bertz CT molecular complexity index is 508. The normalized spacial score (nSPS) is 21.8. The van der Waals surface area contributed by atoms with Crippen LogP contribution in [-0.2, 0) is 11.2 Å². The highest BCUT2D eigenvalue weighted by Crippen LogP contribution is 2.27. The molecule has 5 nitrogen and oxygen atoms in total. The van der Waals surface area contributed by atoms with Gasteiger partial charge in [-0.1, -0.05) is 25.8 Å². The van der Waals surface area contributed by atoms with Gasteiger partial charge in [-0.15, -0.1) is 0 Å². The van der Waals surface area contributed by atoms with Gasteiger partial charge in [0.05, 0.1) is 33.0 Å². The Morgan fingerprint density at radius 3 is 2.72 bits per heavy atom. The highest BCUT2D eigenvalue weighted by Gasteiger charge is 2.20. The van der Waals surface area contributed by atoms with Gasteiger partial charge in [0.1, 0.15) is 0 Å². The summed E-state index contributed by atoms with van der Waals surface area (Å²) in [6.45, 7) is 4.05. The fraction of sp³-hybridized carbons (Fsp3) is 0.700. The third kappa shape index (κ3) is 6.84. The van der Waals surface area contributed by atoms with Gasteiger partial charge in [0.2, 0.25) is 0 Å². The maximum atomic E-state index is 10.1. The van der Waals surface area contributed by atoms with Gasteiger partial charge in [-0.2, -0.15) is 0 Å².